The van der Waals surface area contributed by atoms with Crippen LogP contribution in [0.15, 0.2) is 77.2 Å². The number of alkyl halides is 3. The number of rotatable bonds is 8. The van der Waals surface area contributed by atoms with Gasteiger partial charge in [-0.05, 0) is 49.4 Å². The van der Waals surface area contributed by atoms with E-state index >= 15 is 0 Å². The van der Waals surface area contributed by atoms with Gasteiger partial charge in [-0.2, -0.15) is 13.2 Å². The summed E-state index contributed by atoms with van der Waals surface area (Å²) in [5, 5.41) is 5.37. The predicted octanol–water partition coefficient (Wildman–Crippen LogP) is 5.78. The normalized spacial score (nSPS) is 11.9. The van der Waals surface area contributed by atoms with Gasteiger partial charge in [-0.25, -0.2) is 4.98 Å². The summed E-state index contributed by atoms with van der Waals surface area (Å²) in [5.41, 5.74) is 1.15. The minimum atomic E-state index is -4.56. The number of aromatic nitrogens is 2. The van der Waals surface area contributed by atoms with Gasteiger partial charge in [0.05, 0.1) is 16.9 Å². The molecular formula is C27H22ClF3N4O3. The summed E-state index contributed by atoms with van der Waals surface area (Å²) in [6, 6.07) is 12.6. The highest BCUT2D eigenvalue weighted by atomic mass is 35.5. The minimum absolute atomic E-state index is 0.0374. The molecule has 0 bridgehead atoms. The molecule has 2 aromatic heterocycles. The number of halogens is 4. The Morgan fingerprint density at radius 3 is 2.55 bits per heavy atom. The van der Waals surface area contributed by atoms with Gasteiger partial charge in [0.15, 0.2) is 0 Å². The molecule has 4 aromatic rings. The first-order valence-electron chi connectivity index (χ1n) is 11.4. The van der Waals surface area contributed by atoms with E-state index in [-0.39, 0.29) is 34.3 Å². The van der Waals surface area contributed by atoms with Crippen molar-refractivity contribution in [3.8, 4) is 11.3 Å². The Morgan fingerprint density at radius 1 is 1.11 bits per heavy atom. The maximum atomic E-state index is 13.2. The average molecular weight is 543 g/mol. The second kappa shape index (κ2) is 11.4. The van der Waals surface area contributed by atoms with E-state index in [4.69, 9.17) is 16.0 Å². The molecule has 0 atom stereocenters. The Hall–Kier alpha value is -4.31. The first-order valence-corrected chi connectivity index (χ1v) is 11.8. The van der Waals surface area contributed by atoms with Crippen LogP contribution in [0.25, 0.3) is 17.4 Å². The zero-order valence-corrected chi connectivity index (χ0v) is 20.8. The van der Waals surface area contributed by atoms with Crippen LogP contribution in [0.1, 0.15) is 32.9 Å². The molecule has 2 aromatic carbocycles. The molecule has 0 aliphatic heterocycles. The molecule has 38 heavy (non-hydrogen) atoms. The number of benzene rings is 2. The first kappa shape index (κ1) is 26.7. The molecule has 0 spiro atoms. The van der Waals surface area contributed by atoms with Gasteiger partial charge in [0, 0.05) is 42.1 Å². The van der Waals surface area contributed by atoms with Gasteiger partial charge in [-0.1, -0.05) is 29.3 Å². The summed E-state index contributed by atoms with van der Waals surface area (Å²) in [6.07, 6.45) is 0.365. The van der Waals surface area contributed by atoms with Crippen LogP contribution in [-0.2, 0) is 17.4 Å². The summed E-state index contributed by atoms with van der Waals surface area (Å²) in [4.78, 5) is 32.7. The first-order chi connectivity index (χ1) is 18.1. The summed E-state index contributed by atoms with van der Waals surface area (Å²) in [7, 11) is 0. The van der Waals surface area contributed by atoms with E-state index in [0.717, 1.165) is 29.5 Å². The smallest absolute Gasteiger partial charge is 0.416 e. The van der Waals surface area contributed by atoms with Gasteiger partial charge in [0.2, 0.25) is 0 Å². The van der Waals surface area contributed by atoms with Crippen LogP contribution in [0.3, 0.4) is 0 Å². The lowest BCUT2D eigenvalue weighted by Gasteiger charge is -2.11. The number of aromatic amines is 1. The van der Waals surface area contributed by atoms with Crippen LogP contribution < -0.4 is 10.6 Å². The Morgan fingerprint density at radius 2 is 1.87 bits per heavy atom. The molecule has 0 aliphatic carbocycles. The third kappa shape index (κ3) is 6.71. The molecule has 196 valence electrons. The monoisotopic (exact) mass is 542 g/mol. The summed E-state index contributed by atoms with van der Waals surface area (Å²) < 4.78 is 45.2. The van der Waals surface area contributed by atoms with E-state index in [1.807, 2.05) is 6.92 Å². The van der Waals surface area contributed by atoms with E-state index in [2.05, 4.69) is 20.6 Å². The van der Waals surface area contributed by atoms with Crippen molar-refractivity contribution in [2.75, 3.05) is 6.54 Å². The lowest BCUT2D eigenvalue weighted by molar-refractivity contribution is -0.137. The van der Waals surface area contributed by atoms with Gasteiger partial charge in [0.25, 0.3) is 11.8 Å². The van der Waals surface area contributed by atoms with Gasteiger partial charge in [-0.3, -0.25) is 9.59 Å². The van der Waals surface area contributed by atoms with Crippen LogP contribution in [0, 0.1) is 6.92 Å². The quantitative estimate of drug-likeness (QED) is 0.246. The summed E-state index contributed by atoms with van der Waals surface area (Å²) in [6.45, 7) is 2.13. The third-order valence-corrected chi connectivity index (χ3v) is 5.84. The predicted molar refractivity (Wildman–Crippen MR) is 136 cm³/mol. The Balaban J connectivity index is 1.59. The number of H-pyrrole nitrogens is 1. The molecule has 4 rings (SSSR count). The second-order valence-corrected chi connectivity index (χ2v) is 8.76. The van der Waals surface area contributed by atoms with Crippen molar-refractivity contribution >= 4 is 29.5 Å². The van der Waals surface area contributed by atoms with Gasteiger partial charge in [-0.15, -0.1) is 0 Å². The standard InChI is InChI=1S/C27H22ClF3N4O3/c1-16-2-4-17(5-3-16)25(36)35-23(26(37)33-11-10-19-14-32-15-34-19)13-20-7-9-24(38-20)21-12-18(27(29,30)31)6-8-22(21)28/h2-9,12-15H,10-11H2,1H3,(H,32,34)(H,33,37)(H,35,36)/b23-13+. The average Bonchev–Trinajstić information content (AvgIpc) is 3.56. The lowest BCUT2D eigenvalue weighted by Crippen LogP contribution is -2.35. The summed E-state index contributed by atoms with van der Waals surface area (Å²) >= 11 is 6.12. The minimum Gasteiger partial charge on any atom is -0.457 e. The van der Waals surface area contributed by atoms with Crippen molar-refractivity contribution in [1.29, 1.82) is 0 Å². The SMILES string of the molecule is Cc1ccc(C(=O)N/C(=C/c2ccc(-c3cc(C(F)(F)F)ccc3Cl)o2)C(=O)NCCc2cnc[nH]2)cc1. The van der Waals surface area contributed by atoms with Crippen LogP contribution in [-0.4, -0.2) is 28.3 Å². The van der Waals surface area contributed by atoms with E-state index in [0.29, 0.717) is 12.0 Å². The number of imidazole rings is 1. The topological polar surface area (TPSA) is 100 Å². The molecule has 0 aliphatic rings. The van der Waals surface area contributed by atoms with Crippen LogP contribution in [0.4, 0.5) is 13.2 Å². The van der Waals surface area contributed by atoms with Crippen LogP contribution in [0.5, 0.6) is 0 Å². The highest BCUT2D eigenvalue weighted by Crippen LogP contribution is 2.36. The second-order valence-electron chi connectivity index (χ2n) is 8.36. The maximum Gasteiger partial charge on any atom is 0.416 e. The van der Waals surface area contributed by atoms with Gasteiger partial charge < -0.3 is 20.0 Å². The Kier molecular flexibility index (Phi) is 8.02. The number of aryl methyl sites for hydroxylation is 1. The zero-order chi connectivity index (χ0) is 27.3. The van der Waals surface area contributed by atoms with Crippen LogP contribution >= 0.6 is 11.6 Å². The highest BCUT2D eigenvalue weighted by Gasteiger charge is 2.31. The van der Waals surface area contributed by atoms with Crippen molar-refractivity contribution in [1.82, 2.24) is 20.6 Å². The molecule has 2 amide bonds. The molecule has 0 saturated carbocycles. The van der Waals surface area contributed by atoms with E-state index in [9.17, 15) is 22.8 Å². The number of hydrogen-bond donors (Lipinski definition) is 3. The third-order valence-electron chi connectivity index (χ3n) is 5.51. The largest absolute Gasteiger partial charge is 0.457 e. The van der Waals surface area contributed by atoms with Crippen molar-refractivity contribution in [3.05, 3.63) is 106 Å². The number of furan rings is 1. The fourth-order valence-corrected chi connectivity index (χ4v) is 3.70. The number of carbonyl (C=O) groups excluding carboxylic acids is 2. The zero-order valence-electron chi connectivity index (χ0n) is 20.0. The number of carbonyl (C=O) groups is 2. The van der Waals surface area contributed by atoms with Crippen molar-refractivity contribution in [2.24, 2.45) is 0 Å². The van der Waals surface area contributed by atoms with E-state index in [1.54, 1.807) is 30.5 Å². The van der Waals surface area contributed by atoms with Crippen LogP contribution in [0.2, 0.25) is 5.02 Å². The maximum absolute atomic E-state index is 13.2. The van der Waals surface area contributed by atoms with Crippen molar-refractivity contribution in [3.63, 3.8) is 0 Å². The van der Waals surface area contributed by atoms with E-state index < -0.39 is 23.6 Å². The fraction of sp³-hybridized carbons (Fsp3) is 0.148. The highest BCUT2D eigenvalue weighted by molar-refractivity contribution is 6.33. The molecule has 0 fully saturated rings. The van der Waals surface area contributed by atoms with Gasteiger partial charge >= 0.3 is 6.18 Å². The molecule has 2 heterocycles. The molecular weight excluding hydrogens is 521 g/mol. The molecule has 7 nitrogen and oxygen atoms in total. The number of nitrogens with zero attached hydrogens (tertiary/aromatic N) is 1. The molecule has 3 N–H and O–H groups in total. The number of nitrogens with one attached hydrogen (secondary N) is 3. The molecule has 0 unspecified atom stereocenters. The van der Waals surface area contributed by atoms with Crippen molar-refractivity contribution < 1.29 is 27.2 Å². The molecule has 0 saturated heterocycles. The van der Waals surface area contributed by atoms with E-state index in [1.165, 1.54) is 24.5 Å². The summed E-state index contributed by atoms with van der Waals surface area (Å²) in [5.74, 6) is -0.916. The number of hydrogen-bond acceptors (Lipinski definition) is 4. The lowest BCUT2D eigenvalue weighted by atomic mass is 10.1. The van der Waals surface area contributed by atoms with Crippen molar-refractivity contribution in [2.45, 2.75) is 19.5 Å². The molecule has 11 heteroatoms. The number of amides is 2. The van der Waals surface area contributed by atoms with Gasteiger partial charge in [0.1, 0.15) is 17.2 Å². The molecule has 0 radical (unpaired) electrons. The Labute approximate surface area is 220 Å². The Bertz CT molecular complexity index is 1460. The fourth-order valence-electron chi connectivity index (χ4n) is 3.49.